The Bertz CT molecular complexity index is 894. The number of ether oxygens (including phenoxy) is 1. The lowest BCUT2D eigenvalue weighted by atomic mass is 10.0. The molecular weight excluding hydrogens is 394 g/mol. The van der Waals surface area contributed by atoms with Crippen LogP contribution in [0, 0.1) is 12.3 Å². The molecule has 31 heavy (non-hydrogen) atoms. The summed E-state index contributed by atoms with van der Waals surface area (Å²) in [5.74, 6) is 1.31. The number of alkyl carbamates (subject to hydrolysis) is 1. The molecule has 2 aromatic carbocycles. The lowest BCUT2D eigenvalue weighted by Gasteiger charge is -2.22. The standard InChI is InChI=1S/C24H27N3O4/c1-2-3-6-15-20(22(25)28)26-23(29)21(16-18-11-7-4-8-12-18)27-24(30)31-17-19-13-9-5-10-14-19/h1,4-5,7-14,20-21H,3,6,15-17H2,(H2,25,28)(H,26,29)(H,27,30)/t20-,21-/m0/s1. The molecule has 0 saturated carbocycles. The van der Waals surface area contributed by atoms with Crippen molar-refractivity contribution in [3.63, 3.8) is 0 Å². The van der Waals surface area contributed by atoms with Gasteiger partial charge in [-0.25, -0.2) is 4.79 Å². The number of amides is 3. The Balaban J connectivity index is 2.04. The molecule has 0 radical (unpaired) electrons. The molecule has 0 aliphatic carbocycles. The largest absolute Gasteiger partial charge is 0.445 e. The van der Waals surface area contributed by atoms with Crippen LogP contribution >= 0.6 is 0 Å². The zero-order valence-corrected chi connectivity index (χ0v) is 17.3. The van der Waals surface area contributed by atoms with Crippen molar-refractivity contribution < 1.29 is 19.1 Å². The molecule has 4 N–H and O–H groups in total. The second-order valence-corrected chi connectivity index (χ2v) is 7.01. The van der Waals surface area contributed by atoms with Crippen LogP contribution in [0.2, 0.25) is 0 Å². The van der Waals surface area contributed by atoms with E-state index >= 15 is 0 Å². The minimum Gasteiger partial charge on any atom is -0.445 e. The average Bonchev–Trinajstić information content (AvgIpc) is 2.78. The van der Waals surface area contributed by atoms with Gasteiger partial charge in [0, 0.05) is 12.8 Å². The number of unbranched alkanes of at least 4 members (excludes halogenated alkanes) is 1. The van der Waals surface area contributed by atoms with Gasteiger partial charge < -0.3 is 21.1 Å². The van der Waals surface area contributed by atoms with Gasteiger partial charge in [0.15, 0.2) is 0 Å². The van der Waals surface area contributed by atoms with Gasteiger partial charge in [0.2, 0.25) is 11.8 Å². The van der Waals surface area contributed by atoms with Gasteiger partial charge >= 0.3 is 6.09 Å². The minimum absolute atomic E-state index is 0.0718. The Morgan fingerprint density at radius 1 is 0.935 bits per heavy atom. The van der Waals surface area contributed by atoms with E-state index in [1.807, 2.05) is 60.7 Å². The van der Waals surface area contributed by atoms with Gasteiger partial charge in [-0.1, -0.05) is 60.7 Å². The van der Waals surface area contributed by atoms with E-state index in [2.05, 4.69) is 16.6 Å². The Morgan fingerprint density at radius 3 is 2.13 bits per heavy atom. The first-order valence-electron chi connectivity index (χ1n) is 10.0. The molecule has 0 aromatic heterocycles. The zero-order valence-electron chi connectivity index (χ0n) is 17.3. The first-order chi connectivity index (χ1) is 15.0. The summed E-state index contributed by atoms with van der Waals surface area (Å²) in [4.78, 5) is 36.9. The van der Waals surface area contributed by atoms with Crippen molar-refractivity contribution in [1.29, 1.82) is 0 Å². The van der Waals surface area contributed by atoms with Crippen LogP contribution in [0.15, 0.2) is 60.7 Å². The number of primary amides is 1. The number of terminal acetylenes is 1. The molecule has 0 heterocycles. The Kier molecular flexibility index (Phi) is 9.63. The van der Waals surface area contributed by atoms with Crippen LogP contribution in [0.3, 0.4) is 0 Å². The second kappa shape index (κ2) is 12.7. The molecular formula is C24H27N3O4. The predicted molar refractivity (Wildman–Crippen MR) is 118 cm³/mol. The fourth-order valence-corrected chi connectivity index (χ4v) is 2.93. The van der Waals surface area contributed by atoms with Gasteiger partial charge in [-0.15, -0.1) is 12.3 Å². The van der Waals surface area contributed by atoms with Crippen LogP contribution in [0.25, 0.3) is 0 Å². The second-order valence-electron chi connectivity index (χ2n) is 7.01. The quantitative estimate of drug-likeness (QED) is 0.382. The number of nitrogens with two attached hydrogens (primary N) is 1. The van der Waals surface area contributed by atoms with E-state index in [1.54, 1.807) is 0 Å². The van der Waals surface area contributed by atoms with Crippen LogP contribution in [0.4, 0.5) is 4.79 Å². The van der Waals surface area contributed by atoms with Crippen molar-refractivity contribution in [3.8, 4) is 12.3 Å². The third-order valence-corrected chi connectivity index (χ3v) is 4.58. The minimum atomic E-state index is -0.944. The molecule has 162 valence electrons. The van der Waals surface area contributed by atoms with Crippen LogP contribution in [0.1, 0.15) is 30.4 Å². The lowest BCUT2D eigenvalue weighted by Crippen LogP contribution is -2.53. The van der Waals surface area contributed by atoms with E-state index in [-0.39, 0.29) is 13.0 Å². The first-order valence-corrected chi connectivity index (χ1v) is 10.0. The Labute approximate surface area is 182 Å². The van der Waals surface area contributed by atoms with E-state index in [0.717, 1.165) is 11.1 Å². The van der Waals surface area contributed by atoms with Crippen molar-refractivity contribution in [2.75, 3.05) is 0 Å². The molecule has 2 rings (SSSR count). The summed E-state index contributed by atoms with van der Waals surface area (Å²) in [6, 6.07) is 16.6. The van der Waals surface area contributed by atoms with Crippen molar-refractivity contribution in [2.45, 2.75) is 44.4 Å². The molecule has 2 aromatic rings. The van der Waals surface area contributed by atoms with Gasteiger partial charge in [-0.05, 0) is 24.0 Å². The molecule has 0 saturated heterocycles. The number of rotatable bonds is 11. The molecule has 0 aliphatic heterocycles. The molecule has 0 unspecified atom stereocenters. The molecule has 7 nitrogen and oxygen atoms in total. The van der Waals surface area contributed by atoms with E-state index in [4.69, 9.17) is 16.9 Å². The van der Waals surface area contributed by atoms with Gasteiger partial charge in [0.1, 0.15) is 18.7 Å². The summed E-state index contributed by atoms with van der Waals surface area (Å²) < 4.78 is 5.23. The Hall–Kier alpha value is -3.79. The van der Waals surface area contributed by atoms with Gasteiger partial charge in [-0.2, -0.15) is 0 Å². The third kappa shape index (κ3) is 8.62. The highest BCUT2D eigenvalue weighted by atomic mass is 16.5. The topological polar surface area (TPSA) is 111 Å². The monoisotopic (exact) mass is 421 g/mol. The molecule has 0 spiro atoms. The van der Waals surface area contributed by atoms with E-state index < -0.39 is 30.0 Å². The smallest absolute Gasteiger partial charge is 0.408 e. The summed E-state index contributed by atoms with van der Waals surface area (Å²) in [6.07, 6.45) is 6.06. The normalized spacial score (nSPS) is 12.1. The highest BCUT2D eigenvalue weighted by Crippen LogP contribution is 2.07. The van der Waals surface area contributed by atoms with Gasteiger partial charge in [0.05, 0.1) is 0 Å². The van der Waals surface area contributed by atoms with E-state index in [0.29, 0.717) is 19.3 Å². The van der Waals surface area contributed by atoms with Crippen LogP contribution < -0.4 is 16.4 Å². The molecule has 0 fully saturated rings. The fourth-order valence-electron chi connectivity index (χ4n) is 2.93. The molecule has 0 aliphatic rings. The van der Waals surface area contributed by atoms with E-state index in [1.165, 1.54) is 0 Å². The molecule has 2 atom stereocenters. The number of nitrogens with one attached hydrogen (secondary N) is 2. The zero-order chi connectivity index (χ0) is 22.5. The predicted octanol–water partition coefficient (Wildman–Crippen LogP) is 2.30. The van der Waals surface area contributed by atoms with Gasteiger partial charge in [0.25, 0.3) is 0 Å². The Morgan fingerprint density at radius 2 is 1.55 bits per heavy atom. The molecule has 7 heteroatoms. The van der Waals surface area contributed by atoms with Crippen LogP contribution in [-0.2, 0) is 27.4 Å². The van der Waals surface area contributed by atoms with Crippen molar-refractivity contribution >= 4 is 17.9 Å². The number of hydrogen-bond donors (Lipinski definition) is 3. The molecule has 3 amide bonds. The van der Waals surface area contributed by atoms with Crippen molar-refractivity contribution in [1.82, 2.24) is 10.6 Å². The maximum absolute atomic E-state index is 12.9. The van der Waals surface area contributed by atoms with Crippen LogP contribution in [-0.4, -0.2) is 30.0 Å². The van der Waals surface area contributed by atoms with Crippen LogP contribution in [0.5, 0.6) is 0 Å². The number of hydrogen-bond acceptors (Lipinski definition) is 4. The van der Waals surface area contributed by atoms with Crippen molar-refractivity contribution in [2.24, 2.45) is 5.73 Å². The maximum atomic E-state index is 12.9. The summed E-state index contributed by atoms with van der Waals surface area (Å²) >= 11 is 0. The molecule has 0 bridgehead atoms. The number of carbonyl (C=O) groups excluding carboxylic acids is 3. The van der Waals surface area contributed by atoms with E-state index in [9.17, 15) is 14.4 Å². The fraction of sp³-hybridized carbons (Fsp3) is 0.292. The third-order valence-electron chi connectivity index (χ3n) is 4.58. The van der Waals surface area contributed by atoms with Gasteiger partial charge in [-0.3, -0.25) is 9.59 Å². The summed E-state index contributed by atoms with van der Waals surface area (Å²) in [5.41, 5.74) is 7.08. The highest BCUT2D eigenvalue weighted by Gasteiger charge is 2.26. The summed E-state index contributed by atoms with van der Waals surface area (Å²) in [6.45, 7) is 0.0718. The highest BCUT2D eigenvalue weighted by molar-refractivity contribution is 5.90. The van der Waals surface area contributed by atoms with Crippen molar-refractivity contribution in [3.05, 3.63) is 71.8 Å². The first kappa shape index (κ1) is 23.5. The summed E-state index contributed by atoms with van der Waals surface area (Å²) in [5, 5.41) is 5.21. The SMILES string of the molecule is C#CCCC[C@H](NC(=O)[C@H](Cc1ccccc1)NC(=O)OCc1ccccc1)C(N)=O. The maximum Gasteiger partial charge on any atom is 0.408 e. The number of benzene rings is 2. The average molecular weight is 421 g/mol. The number of carbonyl (C=O) groups is 3. The lowest BCUT2D eigenvalue weighted by molar-refractivity contribution is -0.128. The summed E-state index contributed by atoms with van der Waals surface area (Å²) in [7, 11) is 0.